The quantitative estimate of drug-likeness (QED) is 0.524. The van der Waals surface area contributed by atoms with Crippen molar-refractivity contribution >= 4 is 18.1 Å². The highest BCUT2D eigenvalue weighted by Gasteiger charge is 2.04. The van der Waals surface area contributed by atoms with E-state index in [1.807, 2.05) is 13.8 Å². The van der Waals surface area contributed by atoms with E-state index in [1.165, 1.54) is 0 Å². The average molecular weight is 188 g/mol. The summed E-state index contributed by atoms with van der Waals surface area (Å²) in [5.41, 5.74) is 7.16. The Balaban J connectivity index is 0.00000121. The van der Waals surface area contributed by atoms with Crippen molar-refractivity contribution in [2.75, 3.05) is 5.73 Å². The molecule has 0 amide bonds. The topological polar surface area (TPSA) is 46.2 Å². The van der Waals surface area contributed by atoms with E-state index in [1.54, 1.807) is 18.2 Å². The summed E-state index contributed by atoms with van der Waals surface area (Å²) in [7, 11) is 0. The lowest BCUT2D eigenvalue weighted by atomic mass is 10.0. The largest absolute Gasteiger partial charge is 0.508 e. The maximum atomic E-state index is 9.35. The van der Waals surface area contributed by atoms with Gasteiger partial charge in [-0.3, -0.25) is 0 Å². The van der Waals surface area contributed by atoms with Crippen LogP contribution in [0.2, 0.25) is 0 Å². The zero-order chi connectivity index (χ0) is 8.43. The van der Waals surface area contributed by atoms with Crippen molar-refractivity contribution in [2.45, 2.75) is 19.8 Å². The van der Waals surface area contributed by atoms with Gasteiger partial charge in [-0.25, -0.2) is 0 Å². The summed E-state index contributed by atoms with van der Waals surface area (Å²) in [4.78, 5) is 0. The number of rotatable bonds is 1. The Hall–Kier alpha value is -0.890. The first-order valence-electron chi connectivity index (χ1n) is 3.69. The highest BCUT2D eigenvalue weighted by Crippen LogP contribution is 2.26. The minimum absolute atomic E-state index is 0. The zero-order valence-electron chi connectivity index (χ0n) is 7.24. The summed E-state index contributed by atoms with van der Waals surface area (Å²) in [6.45, 7) is 4.04. The highest BCUT2D eigenvalue weighted by atomic mass is 35.5. The predicted molar refractivity (Wildman–Crippen MR) is 53.9 cm³/mol. The lowest BCUT2D eigenvalue weighted by molar-refractivity contribution is 0.465. The van der Waals surface area contributed by atoms with Gasteiger partial charge < -0.3 is 10.8 Å². The molecule has 1 aromatic carbocycles. The summed E-state index contributed by atoms with van der Waals surface area (Å²) in [6, 6.07) is 5.13. The third-order valence-corrected chi connectivity index (χ3v) is 1.67. The van der Waals surface area contributed by atoms with Crippen LogP contribution in [0.5, 0.6) is 5.75 Å². The molecule has 0 aromatic heterocycles. The molecule has 3 heteroatoms. The fourth-order valence-electron chi connectivity index (χ4n) is 1.04. The van der Waals surface area contributed by atoms with Crippen molar-refractivity contribution in [1.82, 2.24) is 0 Å². The molecule has 1 aromatic rings. The van der Waals surface area contributed by atoms with Crippen LogP contribution in [0.1, 0.15) is 25.3 Å². The number of nitrogen functional groups attached to an aromatic ring is 1. The van der Waals surface area contributed by atoms with E-state index in [9.17, 15) is 5.11 Å². The van der Waals surface area contributed by atoms with Gasteiger partial charge in [0.25, 0.3) is 0 Å². The smallest absolute Gasteiger partial charge is 0.119 e. The Kier molecular flexibility index (Phi) is 3.90. The molecule has 0 unspecified atom stereocenters. The molecule has 0 heterocycles. The molecule has 0 spiro atoms. The van der Waals surface area contributed by atoms with Crippen LogP contribution in [-0.2, 0) is 0 Å². The van der Waals surface area contributed by atoms with E-state index < -0.39 is 0 Å². The van der Waals surface area contributed by atoms with Crippen LogP contribution in [0.25, 0.3) is 0 Å². The molecule has 0 atom stereocenters. The molecule has 3 N–H and O–H groups in total. The number of nitrogens with two attached hydrogens (primary N) is 1. The summed E-state index contributed by atoms with van der Waals surface area (Å²) in [6.07, 6.45) is 0. The van der Waals surface area contributed by atoms with Gasteiger partial charge in [-0.2, -0.15) is 0 Å². The number of phenolic OH excluding ortho intramolecular Hbond substituents is 1. The molecule has 0 aliphatic heterocycles. The third kappa shape index (κ3) is 2.31. The first-order chi connectivity index (χ1) is 5.11. The number of hydrogen-bond donors (Lipinski definition) is 2. The van der Waals surface area contributed by atoms with Crippen molar-refractivity contribution in [3.05, 3.63) is 23.8 Å². The van der Waals surface area contributed by atoms with Gasteiger partial charge in [0.2, 0.25) is 0 Å². The first-order valence-corrected chi connectivity index (χ1v) is 3.69. The molecule has 0 saturated heterocycles. The molecule has 68 valence electrons. The molecule has 0 fully saturated rings. The van der Waals surface area contributed by atoms with Crippen LogP contribution in [0, 0.1) is 0 Å². The molecule has 0 aliphatic rings. The monoisotopic (exact) mass is 187 g/mol. The van der Waals surface area contributed by atoms with Gasteiger partial charge in [0.05, 0.1) is 0 Å². The third-order valence-electron chi connectivity index (χ3n) is 1.67. The van der Waals surface area contributed by atoms with Crippen molar-refractivity contribution in [2.24, 2.45) is 0 Å². The second-order valence-electron chi connectivity index (χ2n) is 2.97. The van der Waals surface area contributed by atoms with Gasteiger partial charge in [-0.1, -0.05) is 13.8 Å². The lowest BCUT2D eigenvalue weighted by Crippen LogP contribution is -1.91. The first kappa shape index (κ1) is 11.1. The Labute approximate surface area is 78.8 Å². The maximum absolute atomic E-state index is 9.35. The average Bonchev–Trinajstić information content (AvgIpc) is 1.94. The molecular weight excluding hydrogens is 174 g/mol. The van der Waals surface area contributed by atoms with Crippen molar-refractivity contribution in [3.8, 4) is 5.75 Å². The fraction of sp³-hybridized carbons (Fsp3) is 0.333. The number of hydrogen-bond acceptors (Lipinski definition) is 2. The number of benzene rings is 1. The van der Waals surface area contributed by atoms with Crippen LogP contribution in [0.3, 0.4) is 0 Å². The zero-order valence-corrected chi connectivity index (χ0v) is 8.06. The van der Waals surface area contributed by atoms with Crippen molar-refractivity contribution in [3.63, 3.8) is 0 Å². The van der Waals surface area contributed by atoms with E-state index in [2.05, 4.69) is 0 Å². The summed E-state index contributed by atoms with van der Waals surface area (Å²) in [5, 5.41) is 9.35. The minimum atomic E-state index is 0. The Bertz CT molecular complexity index is 261. The van der Waals surface area contributed by atoms with Gasteiger partial charge in [0.1, 0.15) is 5.75 Å². The standard InChI is InChI=1S/C9H13NO.ClH/c1-6(2)8-5-7(10)3-4-9(8)11;/h3-6,11H,10H2,1-2H3;1H. The van der Waals surface area contributed by atoms with Crippen molar-refractivity contribution < 1.29 is 5.11 Å². The number of halogens is 1. The molecule has 0 saturated carbocycles. The fourth-order valence-corrected chi connectivity index (χ4v) is 1.04. The van der Waals surface area contributed by atoms with Crippen molar-refractivity contribution in [1.29, 1.82) is 0 Å². The van der Waals surface area contributed by atoms with Crippen LogP contribution in [0.15, 0.2) is 18.2 Å². The normalized spacial score (nSPS) is 9.58. The molecular formula is C9H14ClNO. The van der Waals surface area contributed by atoms with Gasteiger partial charge in [0, 0.05) is 5.69 Å². The van der Waals surface area contributed by atoms with Crippen LogP contribution in [0.4, 0.5) is 5.69 Å². The van der Waals surface area contributed by atoms with Crippen LogP contribution in [-0.4, -0.2) is 5.11 Å². The van der Waals surface area contributed by atoms with E-state index >= 15 is 0 Å². The molecule has 0 aliphatic carbocycles. The van der Waals surface area contributed by atoms with Gasteiger partial charge >= 0.3 is 0 Å². The number of aromatic hydroxyl groups is 1. The number of phenols is 1. The maximum Gasteiger partial charge on any atom is 0.119 e. The molecule has 0 bridgehead atoms. The molecule has 2 nitrogen and oxygen atoms in total. The minimum Gasteiger partial charge on any atom is -0.508 e. The van der Waals surface area contributed by atoms with Crippen LogP contribution >= 0.6 is 12.4 Å². The second kappa shape index (κ2) is 4.21. The summed E-state index contributed by atoms with van der Waals surface area (Å²) in [5.74, 6) is 0.646. The van der Waals surface area contributed by atoms with E-state index in [0.29, 0.717) is 17.4 Å². The molecule has 12 heavy (non-hydrogen) atoms. The van der Waals surface area contributed by atoms with E-state index in [4.69, 9.17) is 5.73 Å². The summed E-state index contributed by atoms with van der Waals surface area (Å²) < 4.78 is 0. The molecule has 1 rings (SSSR count). The van der Waals surface area contributed by atoms with E-state index in [-0.39, 0.29) is 12.4 Å². The SMILES string of the molecule is CC(C)c1cc(N)ccc1O.Cl. The van der Waals surface area contributed by atoms with Crippen LogP contribution < -0.4 is 5.73 Å². The second-order valence-corrected chi connectivity index (χ2v) is 2.97. The summed E-state index contributed by atoms with van der Waals surface area (Å²) >= 11 is 0. The predicted octanol–water partition coefficient (Wildman–Crippen LogP) is 2.52. The Morgan fingerprint density at radius 3 is 2.33 bits per heavy atom. The van der Waals surface area contributed by atoms with Gasteiger partial charge in [-0.05, 0) is 29.7 Å². The lowest BCUT2D eigenvalue weighted by Gasteiger charge is -2.07. The van der Waals surface area contributed by atoms with E-state index in [0.717, 1.165) is 5.56 Å². The Morgan fingerprint density at radius 1 is 1.33 bits per heavy atom. The molecule has 0 radical (unpaired) electrons. The number of anilines is 1. The van der Waals surface area contributed by atoms with Gasteiger partial charge in [0.15, 0.2) is 0 Å². The Morgan fingerprint density at radius 2 is 1.92 bits per heavy atom. The van der Waals surface area contributed by atoms with Gasteiger partial charge in [-0.15, -0.1) is 12.4 Å². The highest BCUT2D eigenvalue weighted by molar-refractivity contribution is 5.85.